The molecule has 1 unspecified atom stereocenters. The minimum atomic E-state index is -0.795. The molecule has 0 bridgehead atoms. The Kier molecular flexibility index (Phi) is 8.70. The number of carbonyl (C=O) groups excluding carboxylic acids is 1. The SMILES string of the molecule is COCCOC(=O)C1=C(C)N=c2sc(=Cc3cc(Br)c(OC)c(OC)c3)c(=O)n2C1c1ccccc1OC. The molecule has 9 nitrogen and oxygen atoms in total. The van der Waals surface area contributed by atoms with Crippen LogP contribution in [0, 0.1) is 0 Å². The average Bonchev–Trinajstić information content (AvgIpc) is 3.21. The fourth-order valence-corrected chi connectivity index (χ4v) is 5.91. The molecule has 2 heterocycles. The third-order valence-electron chi connectivity index (χ3n) is 5.95. The number of rotatable bonds is 9. The van der Waals surface area contributed by atoms with Crippen molar-refractivity contribution in [1.29, 1.82) is 0 Å². The van der Waals surface area contributed by atoms with Crippen molar-refractivity contribution in [3.05, 3.63) is 83.0 Å². The van der Waals surface area contributed by atoms with Crippen molar-refractivity contribution in [3.8, 4) is 17.2 Å². The van der Waals surface area contributed by atoms with Gasteiger partial charge in [0.15, 0.2) is 16.3 Å². The molecular formula is C27H27BrN2O7S. The van der Waals surface area contributed by atoms with Crippen LogP contribution < -0.4 is 29.1 Å². The van der Waals surface area contributed by atoms with E-state index in [0.717, 1.165) is 5.56 Å². The Morgan fingerprint density at radius 1 is 1.08 bits per heavy atom. The van der Waals surface area contributed by atoms with E-state index in [4.69, 9.17) is 23.7 Å². The van der Waals surface area contributed by atoms with E-state index >= 15 is 0 Å². The molecule has 0 N–H and O–H groups in total. The van der Waals surface area contributed by atoms with Gasteiger partial charge in [0.05, 0.1) is 48.2 Å². The Morgan fingerprint density at radius 3 is 2.50 bits per heavy atom. The maximum Gasteiger partial charge on any atom is 0.338 e. The number of halogens is 1. The highest BCUT2D eigenvalue weighted by Gasteiger charge is 2.35. The van der Waals surface area contributed by atoms with Crippen LogP contribution in [-0.4, -0.2) is 52.2 Å². The van der Waals surface area contributed by atoms with Crippen LogP contribution in [0.3, 0.4) is 0 Å². The first-order valence-corrected chi connectivity index (χ1v) is 13.2. The number of thiazole rings is 1. The van der Waals surface area contributed by atoms with Crippen molar-refractivity contribution in [1.82, 2.24) is 4.57 Å². The minimum Gasteiger partial charge on any atom is -0.496 e. The van der Waals surface area contributed by atoms with Crippen LogP contribution >= 0.6 is 27.3 Å². The summed E-state index contributed by atoms with van der Waals surface area (Å²) >= 11 is 4.73. The second-order valence-corrected chi connectivity index (χ2v) is 10.1. The fourth-order valence-electron chi connectivity index (χ4n) is 4.24. The van der Waals surface area contributed by atoms with Gasteiger partial charge in [0.2, 0.25) is 0 Å². The topological polar surface area (TPSA) is 97.6 Å². The number of fused-ring (bicyclic) bond motifs is 1. The molecule has 4 rings (SSSR count). The molecule has 1 aromatic heterocycles. The van der Waals surface area contributed by atoms with Crippen LogP contribution in [-0.2, 0) is 14.3 Å². The van der Waals surface area contributed by atoms with E-state index in [1.54, 1.807) is 46.5 Å². The number of ether oxygens (including phenoxy) is 5. The van der Waals surface area contributed by atoms with Crippen molar-refractivity contribution in [3.63, 3.8) is 0 Å². The third-order valence-corrected chi connectivity index (χ3v) is 7.52. The molecule has 2 aromatic carbocycles. The van der Waals surface area contributed by atoms with Gasteiger partial charge in [-0.2, -0.15) is 0 Å². The van der Waals surface area contributed by atoms with Gasteiger partial charge in [-0.15, -0.1) is 0 Å². The predicted octanol–water partition coefficient (Wildman–Crippen LogP) is 3.21. The lowest BCUT2D eigenvalue weighted by Gasteiger charge is -2.26. The molecule has 3 aromatic rings. The molecule has 0 amide bonds. The summed E-state index contributed by atoms with van der Waals surface area (Å²) in [4.78, 5) is 32.2. The number of carbonyl (C=O) groups is 1. The van der Waals surface area contributed by atoms with Gasteiger partial charge in [0.25, 0.3) is 5.56 Å². The summed E-state index contributed by atoms with van der Waals surface area (Å²) in [6.07, 6.45) is 1.76. The minimum absolute atomic E-state index is 0.0728. The number of hydrogen-bond acceptors (Lipinski definition) is 9. The molecule has 0 radical (unpaired) electrons. The molecule has 0 spiro atoms. The highest BCUT2D eigenvalue weighted by atomic mass is 79.9. The maximum absolute atomic E-state index is 13.9. The molecule has 38 heavy (non-hydrogen) atoms. The van der Waals surface area contributed by atoms with Crippen molar-refractivity contribution in [2.45, 2.75) is 13.0 Å². The Hall–Kier alpha value is -3.41. The van der Waals surface area contributed by atoms with Gasteiger partial charge in [-0.05, 0) is 52.7 Å². The van der Waals surface area contributed by atoms with Crippen molar-refractivity contribution in [2.24, 2.45) is 4.99 Å². The molecule has 0 saturated heterocycles. The smallest absolute Gasteiger partial charge is 0.338 e. The lowest BCUT2D eigenvalue weighted by atomic mass is 9.95. The predicted molar refractivity (Wildman–Crippen MR) is 147 cm³/mol. The normalized spacial score (nSPS) is 15.1. The van der Waals surface area contributed by atoms with E-state index in [1.807, 2.05) is 24.3 Å². The van der Waals surface area contributed by atoms with Crippen molar-refractivity contribution < 1.29 is 28.5 Å². The van der Waals surface area contributed by atoms with E-state index in [1.165, 1.54) is 23.0 Å². The zero-order valence-corrected chi connectivity index (χ0v) is 24.0. The molecule has 1 aliphatic rings. The summed E-state index contributed by atoms with van der Waals surface area (Å²) in [7, 11) is 6.17. The van der Waals surface area contributed by atoms with Crippen molar-refractivity contribution in [2.75, 3.05) is 41.7 Å². The van der Waals surface area contributed by atoms with Crippen LogP contribution in [0.1, 0.15) is 24.1 Å². The lowest BCUT2D eigenvalue weighted by Crippen LogP contribution is -2.40. The van der Waals surface area contributed by atoms with E-state index in [0.29, 0.717) is 42.3 Å². The molecule has 0 fully saturated rings. The standard InChI is InChI=1S/C27H27BrN2O7S/c1-15-22(26(32)37-11-10-33-2)23(17-8-6-7-9-19(17)34-3)30-25(31)21(38-27(30)29-15)14-16-12-18(28)24(36-5)20(13-16)35-4/h6-9,12-14,23H,10-11H2,1-5H3. The molecule has 1 aliphatic heterocycles. The summed E-state index contributed by atoms with van der Waals surface area (Å²) in [6.45, 7) is 2.05. The van der Waals surface area contributed by atoms with E-state index < -0.39 is 12.0 Å². The highest BCUT2D eigenvalue weighted by molar-refractivity contribution is 9.10. The number of benzene rings is 2. The van der Waals surface area contributed by atoms with Gasteiger partial charge in [0.1, 0.15) is 18.4 Å². The van der Waals surface area contributed by atoms with E-state index in [9.17, 15) is 9.59 Å². The number of nitrogens with zero attached hydrogens (tertiary/aromatic N) is 2. The number of para-hydroxylation sites is 1. The third kappa shape index (κ3) is 5.27. The van der Waals surface area contributed by atoms with Gasteiger partial charge >= 0.3 is 5.97 Å². The number of allylic oxidation sites excluding steroid dienone is 1. The summed E-state index contributed by atoms with van der Waals surface area (Å²) in [6, 6.07) is 10.1. The molecule has 1 atom stereocenters. The van der Waals surface area contributed by atoms with E-state index in [-0.39, 0.29) is 24.3 Å². The summed E-state index contributed by atoms with van der Waals surface area (Å²) in [5.41, 5.74) is 1.79. The molecular weight excluding hydrogens is 576 g/mol. The largest absolute Gasteiger partial charge is 0.496 e. The van der Waals surface area contributed by atoms with Crippen LogP contribution in [0.15, 0.2) is 61.9 Å². The van der Waals surface area contributed by atoms with Gasteiger partial charge in [-0.3, -0.25) is 9.36 Å². The number of esters is 1. The fraction of sp³-hybridized carbons (Fsp3) is 0.296. The molecule has 200 valence electrons. The first kappa shape index (κ1) is 27.6. The second-order valence-electron chi connectivity index (χ2n) is 8.19. The quantitative estimate of drug-likeness (QED) is 0.274. The van der Waals surface area contributed by atoms with Crippen LogP contribution in [0.5, 0.6) is 17.2 Å². The summed E-state index contributed by atoms with van der Waals surface area (Å²) in [5, 5.41) is 0. The Morgan fingerprint density at radius 2 is 1.82 bits per heavy atom. The summed E-state index contributed by atoms with van der Waals surface area (Å²) in [5.74, 6) is 1.03. The van der Waals surface area contributed by atoms with Gasteiger partial charge in [0, 0.05) is 12.7 Å². The monoisotopic (exact) mass is 602 g/mol. The second kappa shape index (κ2) is 12.0. The number of hydrogen-bond donors (Lipinski definition) is 0. The number of aromatic nitrogens is 1. The Labute approximate surface area is 231 Å². The Bertz CT molecular complexity index is 1570. The van der Waals surface area contributed by atoms with Gasteiger partial charge < -0.3 is 23.7 Å². The first-order valence-electron chi connectivity index (χ1n) is 11.6. The first-order chi connectivity index (χ1) is 18.3. The zero-order chi connectivity index (χ0) is 27.4. The molecule has 0 aliphatic carbocycles. The highest BCUT2D eigenvalue weighted by Crippen LogP contribution is 2.37. The van der Waals surface area contributed by atoms with E-state index in [2.05, 4.69) is 20.9 Å². The molecule has 11 heteroatoms. The molecule has 0 saturated carbocycles. The maximum atomic E-state index is 13.9. The van der Waals surface area contributed by atoms with Crippen LogP contribution in [0.4, 0.5) is 0 Å². The van der Waals surface area contributed by atoms with Gasteiger partial charge in [-0.25, -0.2) is 9.79 Å². The Balaban J connectivity index is 1.93. The van der Waals surface area contributed by atoms with Crippen molar-refractivity contribution >= 4 is 39.3 Å². The summed E-state index contributed by atoms with van der Waals surface area (Å²) < 4.78 is 29.6. The lowest BCUT2D eigenvalue weighted by molar-refractivity contribution is -0.140. The number of methoxy groups -OCH3 is 4. The average molecular weight is 603 g/mol. The zero-order valence-electron chi connectivity index (χ0n) is 21.6. The van der Waals surface area contributed by atoms with Crippen LogP contribution in [0.25, 0.3) is 6.08 Å². The van der Waals surface area contributed by atoms with Gasteiger partial charge in [-0.1, -0.05) is 29.5 Å². The van der Waals surface area contributed by atoms with Crippen LogP contribution in [0.2, 0.25) is 0 Å².